The number of anilines is 1. The molecule has 0 aliphatic heterocycles. The van der Waals surface area contributed by atoms with Crippen LogP contribution in [0.1, 0.15) is 51.9 Å². The zero-order valence-electron chi connectivity index (χ0n) is 12.0. The number of rotatable bonds is 6. The van der Waals surface area contributed by atoms with Crippen molar-refractivity contribution in [1.82, 2.24) is 9.97 Å². The minimum atomic E-state index is 0.421. The maximum atomic E-state index is 6.17. The molecule has 0 bridgehead atoms. The Morgan fingerprint density at radius 2 is 1.89 bits per heavy atom. The monoisotopic (exact) mass is 269 g/mol. The van der Waals surface area contributed by atoms with Gasteiger partial charge in [-0.1, -0.05) is 39.3 Å². The first-order chi connectivity index (χ1) is 8.49. The van der Waals surface area contributed by atoms with Gasteiger partial charge >= 0.3 is 0 Å². The topological polar surface area (TPSA) is 37.8 Å². The van der Waals surface area contributed by atoms with Crippen molar-refractivity contribution >= 4 is 17.4 Å². The van der Waals surface area contributed by atoms with Crippen LogP contribution in [0.5, 0.6) is 0 Å². The summed E-state index contributed by atoms with van der Waals surface area (Å²) in [5.41, 5.74) is 0.940. The van der Waals surface area contributed by atoms with Crippen molar-refractivity contribution in [3.63, 3.8) is 0 Å². The van der Waals surface area contributed by atoms with E-state index in [-0.39, 0.29) is 0 Å². The number of hydrogen-bond donors (Lipinski definition) is 1. The van der Waals surface area contributed by atoms with Gasteiger partial charge in [-0.2, -0.15) is 0 Å². The molecule has 0 saturated heterocycles. The van der Waals surface area contributed by atoms with Gasteiger partial charge in [-0.3, -0.25) is 0 Å². The molecular formula is C14H24ClN3. The summed E-state index contributed by atoms with van der Waals surface area (Å²) in [5, 5.41) is 4.06. The van der Waals surface area contributed by atoms with Crippen molar-refractivity contribution in [2.24, 2.45) is 5.92 Å². The Morgan fingerprint density at radius 1 is 1.22 bits per heavy atom. The van der Waals surface area contributed by atoms with Gasteiger partial charge in [-0.25, -0.2) is 9.97 Å². The summed E-state index contributed by atoms with van der Waals surface area (Å²) in [7, 11) is 0. The number of halogens is 1. The zero-order chi connectivity index (χ0) is 13.7. The molecule has 0 spiro atoms. The number of nitrogens with zero attached hydrogens (tertiary/aromatic N) is 2. The van der Waals surface area contributed by atoms with Gasteiger partial charge < -0.3 is 5.32 Å². The maximum absolute atomic E-state index is 6.17. The molecule has 0 aliphatic rings. The third-order valence-electron chi connectivity index (χ3n) is 3.17. The molecule has 0 radical (unpaired) electrons. The molecule has 1 aromatic heterocycles. The predicted molar refractivity (Wildman–Crippen MR) is 78.3 cm³/mol. The lowest BCUT2D eigenvalue weighted by Crippen LogP contribution is -2.26. The van der Waals surface area contributed by atoms with Crippen molar-refractivity contribution in [2.45, 2.75) is 59.9 Å². The van der Waals surface area contributed by atoms with Gasteiger partial charge in [0, 0.05) is 18.0 Å². The van der Waals surface area contributed by atoms with Crippen LogP contribution in [0.2, 0.25) is 5.15 Å². The van der Waals surface area contributed by atoms with Crippen LogP contribution in [0.25, 0.3) is 0 Å². The molecule has 18 heavy (non-hydrogen) atoms. The zero-order valence-corrected chi connectivity index (χ0v) is 12.8. The number of aromatic nitrogens is 2. The van der Waals surface area contributed by atoms with Gasteiger partial charge in [0.25, 0.3) is 0 Å². The lowest BCUT2D eigenvalue weighted by Gasteiger charge is -2.22. The molecule has 0 saturated carbocycles. The van der Waals surface area contributed by atoms with E-state index in [1.807, 2.05) is 6.92 Å². The molecule has 0 aromatic carbocycles. The first kappa shape index (κ1) is 15.2. The van der Waals surface area contributed by atoms with Gasteiger partial charge in [-0.05, 0) is 25.7 Å². The standard InChI is InChI=1S/C14H24ClN3/c1-6-8-12-17-13(15)10(5)14(18-12)16-11(7-2)9(3)4/h9,11H,6-8H2,1-5H3,(H,16,17,18). The second-order valence-electron chi connectivity index (χ2n) is 5.06. The second-order valence-corrected chi connectivity index (χ2v) is 5.42. The second kappa shape index (κ2) is 6.93. The molecule has 1 N–H and O–H groups in total. The molecule has 4 heteroatoms. The normalized spacial score (nSPS) is 12.8. The average molecular weight is 270 g/mol. The molecule has 0 amide bonds. The minimum absolute atomic E-state index is 0.421. The minimum Gasteiger partial charge on any atom is -0.367 e. The molecule has 1 rings (SSSR count). The van der Waals surface area contributed by atoms with Gasteiger partial charge in [-0.15, -0.1) is 0 Å². The van der Waals surface area contributed by atoms with E-state index in [1.54, 1.807) is 0 Å². The summed E-state index contributed by atoms with van der Waals surface area (Å²) in [5.74, 6) is 2.28. The summed E-state index contributed by atoms with van der Waals surface area (Å²) < 4.78 is 0. The molecular weight excluding hydrogens is 246 g/mol. The van der Waals surface area contributed by atoms with Gasteiger partial charge in [0.1, 0.15) is 16.8 Å². The van der Waals surface area contributed by atoms with Crippen molar-refractivity contribution in [1.29, 1.82) is 0 Å². The molecule has 1 atom stereocenters. The van der Waals surface area contributed by atoms with Crippen molar-refractivity contribution in [2.75, 3.05) is 5.32 Å². The van der Waals surface area contributed by atoms with Crippen molar-refractivity contribution in [3.05, 3.63) is 16.5 Å². The fourth-order valence-corrected chi connectivity index (χ4v) is 2.11. The third kappa shape index (κ3) is 3.84. The van der Waals surface area contributed by atoms with Gasteiger partial charge in [0.05, 0.1) is 0 Å². The van der Waals surface area contributed by atoms with E-state index >= 15 is 0 Å². The Balaban J connectivity index is 2.99. The molecule has 1 aromatic rings. The fourth-order valence-electron chi connectivity index (χ4n) is 1.92. The van der Waals surface area contributed by atoms with E-state index in [0.717, 1.165) is 36.5 Å². The molecule has 0 aliphatic carbocycles. The summed E-state index contributed by atoms with van der Waals surface area (Å²) in [4.78, 5) is 8.90. The lowest BCUT2D eigenvalue weighted by atomic mass is 10.0. The maximum Gasteiger partial charge on any atom is 0.137 e. The van der Waals surface area contributed by atoms with Crippen LogP contribution in [0, 0.1) is 12.8 Å². The van der Waals surface area contributed by atoms with E-state index in [0.29, 0.717) is 17.1 Å². The van der Waals surface area contributed by atoms with Gasteiger partial charge in [0.15, 0.2) is 0 Å². The summed E-state index contributed by atoms with van der Waals surface area (Å²) in [6, 6.07) is 0.421. The largest absolute Gasteiger partial charge is 0.367 e. The summed E-state index contributed by atoms with van der Waals surface area (Å²) in [6.45, 7) is 10.7. The van der Waals surface area contributed by atoms with Crippen LogP contribution in [0.3, 0.4) is 0 Å². The predicted octanol–water partition coefficient (Wildman–Crippen LogP) is 4.24. The van der Waals surface area contributed by atoms with Crippen molar-refractivity contribution < 1.29 is 0 Å². The van der Waals surface area contributed by atoms with Crippen LogP contribution in [0.15, 0.2) is 0 Å². The quantitative estimate of drug-likeness (QED) is 0.785. The van der Waals surface area contributed by atoms with E-state index in [1.165, 1.54) is 0 Å². The molecule has 0 fully saturated rings. The van der Waals surface area contributed by atoms with Crippen molar-refractivity contribution in [3.8, 4) is 0 Å². The first-order valence-electron chi connectivity index (χ1n) is 6.79. The molecule has 3 nitrogen and oxygen atoms in total. The first-order valence-corrected chi connectivity index (χ1v) is 7.16. The highest BCUT2D eigenvalue weighted by Gasteiger charge is 2.15. The average Bonchev–Trinajstić information content (AvgIpc) is 2.31. The number of nitrogens with one attached hydrogen (secondary N) is 1. The molecule has 1 unspecified atom stereocenters. The highest BCUT2D eigenvalue weighted by atomic mass is 35.5. The Bertz CT molecular complexity index is 391. The number of hydrogen-bond acceptors (Lipinski definition) is 3. The van der Waals surface area contributed by atoms with E-state index < -0.39 is 0 Å². The Morgan fingerprint density at radius 3 is 2.39 bits per heavy atom. The third-order valence-corrected chi connectivity index (χ3v) is 3.54. The summed E-state index contributed by atoms with van der Waals surface area (Å²) in [6.07, 6.45) is 2.97. The van der Waals surface area contributed by atoms with E-state index in [2.05, 4.69) is 43.0 Å². The van der Waals surface area contributed by atoms with Crippen LogP contribution in [0.4, 0.5) is 5.82 Å². The Hall–Kier alpha value is -0.830. The van der Waals surface area contributed by atoms with Gasteiger partial charge in [0.2, 0.25) is 0 Å². The number of aryl methyl sites for hydroxylation is 1. The highest BCUT2D eigenvalue weighted by Crippen LogP contribution is 2.23. The SMILES string of the molecule is CCCc1nc(Cl)c(C)c(NC(CC)C(C)C)n1. The molecule has 1 heterocycles. The summed E-state index contributed by atoms with van der Waals surface area (Å²) >= 11 is 6.17. The Kier molecular flexibility index (Phi) is 5.86. The highest BCUT2D eigenvalue weighted by molar-refractivity contribution is 6.30. The van der Waals surface area contributed by atoms with Crippen LogP contribution in [-0.4, -0.2) is 16.0 Å². The Labute approximate surface area is 115 Å². The van der Waals surface area contributed by atoms with E-state index in [9.17, 15) is 0 Å². The van der Waals surface area contributed by atoms with Crippen LogP contribution < -0.4 is 5.32 Å². The fraction of sp³-hybridized carbons (Fsp3) is 0.714. The smallest absolute Gasteiger partial charge is 0.137 e. The molecule has 102 valence electrons. The van der Waals surface area contributed by atoms with Crippen LogP contribution in [-0.2, 0) is 6.42 Å². The van der Waals surface area contributed by atoms with Crippen LogP contribution >= 0.6 is 11.6 Å². The lowest BCUT2D eigenvalue weighted by molar-refractivity contribution is 0.509. The van der Waals surface area contributed by atoms with E-state index in [4.69, 9.17) is 11.6 Å².